The van der Waals surface area contributed by atoms with Crippen molar-refractivity contribution in [3.05, 3.63) is 29.8 Å². The van der Waals surface area contributed by atoms with Gasteiger partial charge in [0.2, 0.25) is 5.95 Å². The Morgan fingerprint density at radius 1 is 1.14 bits per heavy atom. The van der Waals surface area contributed by atoms with Crippen LogP contribution in [-0.4, -0.2) is 36.1 Å². The van der Waals surface area contributed by atoms with Gasteiger partial charge in [0.05, 0.1) is 0 Å². The number of nitrogens with one attached hydrogen (secondary N) is 1. The molecule has 22 heavy (non-hydrogen) atoms. The normalized spacial score (nSPS) is 21.5. The van der Waals surface area contributed by atoms with Crippen LogP contribution in [0.4, 0.5) is 4.39 Å². The van der Waals surface area contributed by atoms with E-state index in [2.05, 4.69) is 15.2 Å². The van der Waals surface area contributed by atoms with Crippen molar-refractivity contribution in [1.82, 2.24) is 15.2 Å². The highest BCUT2D eigenvalue weighted by molar-refractivity contribution is 5.85. The zero-order valence-corrected chi connectivity index (χ0v) is 14.5. The Hall–Kier alpha value is -0.420. The van der Waals surface area contributed by atoms with Gasteiger partial charge in [0.15, 0.2) is 0 Å². The number of hydrogen-bond acceptors (Lipinski definition) is 3. The topological polar surface area (TPSA) is 28.2 Å². The van der Waals surface area contributed by atoms with E-state index in [-0.39, 0.29) is 36.8 Å². The molecule has 6 heteroatoms. The molecule has 1 N–H and O–H groups in total. The van der Waals surface area contributed by atoms with E-state index in [9.17, 15) is 4.39 Å². The first kappa shape index (κ1) is 19.6. The Morgan fingerprint density at radius 2 is 1.82 bits per heavy atom. The fraction of sp³-hybridized carbons (Fsp3) is 0.688. The molecule has 2 fully saturated rings. The lowest BCUT2D eigenvalue weighted by Crippen LogP contribution is -2.47. The molecule has 2 heterocycles. The van der Waals surface area contributed by atoms with E-state index in [1.165, 1.54) is 32.1 Å². The van der Waals surface area contributed by atoms with Gasteiger partial charge in [-0.1, -0.05) is 25.3 Å². The lowest BCUT2D eigenvalue weighted by atomic mass is 9.80. The van der Waals surface area contributed by atoms with Crippen LogP contribution in [0.25, 0.3) is 0 Å². The van der Waals surface area contributed by atoms with Crippen molar-refractivity contribution in [3.63, 3.8) is 0 Å². The minimum absolute atomic E-state index is 0. The summed E-state index contributed by atoms with van der Waals surface area (Å²) in [5, 5.41) is 3.39. The molecule has 0 spiro atoms. The van der Waals surface area contributed by atoms with Crippen molar-refractivity contribution >= 4 is 24.8 Å². The van der Waals surface area contributed by atoms with Crippen LogP contribution < -0.4 is 5.32 Å². The number of hydrogen-bond donors (Lipinski definition) is 1. The number of halogens is 3. The molecule has 1 aliphatic heterocycles. The second kappa shape index (κ2) is 9.66. The minimum atomic E-state index is -0.276. The Kier molecular flexibility index (Phi) is 8.62. The van der Waals surface area contributed by atoms with E-state index in [0.717, 1.165) is 31.7 Å². The Balaban J connectivity index is 0.00000121. The molecule has 1 saturated carbocycles. The van der Waals surface area contributed by atoms with Crippen LogP contribution >= 0.6 is 24.8 Å². The third-order valence-corrected chi connectivity index (χ3v) is 4.75. The average Bonchev–Trinajstić information content (AvgIpc) is 2.52. The number of pyridine rings is 1. The van der Waals surface area contributed by atoms with Crippen LogP contribution in [0, 0.1) is 11.9 Å². The molecule has 0 unspecified atom stereocenters. The Bertz CT molecular complexity index is 417. The van der Waals surface area contributed by atoms with Gasteiger partial charge in [0.25, 0.3) is 0 Å². The van der Waals surface area contributed by atoms with E-state index >= 15 is 0 Å². The molecule has 0 bridgehead atoms. The smallest absolute Gasteiger partial charge is 0.217 e. The van der Waals surface area contributed by atoms with Crippen LogP contribution in [-0.2, 0) is 0 Å². The molecular formula is C16H26Cl2FN3. The summed E-state index contributed by atoms with van der Waals surface area (Å²) >= 11 is 0. The molecule has 0 radical (unpaired) electrons. The molecule has 0 amide bonds. The summed E-state index contributed by atoms with van der Waals surface area (Å²) in [6, 6.07) is 4.02. The van der Waals surface area contributed by atoms with Gasteiger partial charge in [-0.25, -0.2) is 4.98 Å². The summed E-state index contributed by atoms with van der Waals surface area (Å²) in [5.74, 6) is 0.308. The van der Waals surface area contributed by atoms with Crippen LogP contribution in [0.1, 0.15) is 43.7 Å². The van der Waals surface area contributed by atoms with Crippen LogP contribution in [0.15, 0.2) is 18.3 Å². The Labute approximate surface area is 144 Å². The van der Waals surface area contributed by atoms with E-state index in [0.29, 0.717) is 5.92 Å². The molecule has 1 aromatic rings. The van der Waals surface area contributed by atoms with Gasteiger partial charge in [-0.2, -0.15) is 4.39 Å². The molecular weight excluding hydrogens is 324 g/mol. The van der Waals surface area contributed by atoms with E-state index in [1.807, 2.05) is 12.1 Å². The molecule has 1 saturated heterocycles. The van der Waals surface area contributed by atoms with Gasteiger partial charge in [0, 0.05) is 44.0 Å². The van der Waals surface area contributed by atoms with Crippen molar-refractivity contribution in [2.75, 3.05) is 26.2 Å². The van der Waals surface area contributed by atoms with Crippen molar-refractivity contribution in [2.45, 2.75) is 38.1 Å². The van der Waals surface area contributed by atoms with Crippen LogP contribution in [0.2, 0.25) is 0 Å². The summed E-state index contributed by atoms with van der Waals surface area (Å²) in [7, 11) is 0. The van der Waals surface area contributed by atoms with Gasteiger partial charge in [0.1, 0.15) is 0 Å². The maximum Gasteiger partial charge on any atom is 0.217 e. The SMILES string of the molecule is Cl.Cl.Fc1ncccc1[C@H](C1CCCCC1)N1CCNCC1. The lowest BCUT2D eigenvalue weighted by molar-refractivity contribution is 0.0999. The zero-order chi connectivity index (χ0) is 13.8. The van der Waals surface area contributed by atoms with E-state index in [1.54, 1.807) is 6.20 Å². The highest BCUT2D eigenvalue weighted by Gasteiger charge is 2.32. The van der Waals surface area contributed by atoms with Crippen molar-refractivity contribution < 1.29 is 4.39 Å². The molecule has 1 atom stereocenters. The monoisotopic (exact) mass is 349 g/mol. The fourth-order valence-corrected chi connectivity index (χ4v) is 3.78. The molecule has 1 aliphatic carbocycles. The standard InChI is InChI=1S/C16H24FN3.2ClH/c17-16-14(7-4-8-19-16)15(13-5-2-1-3-6-13)20-11-9-18-10-12-20;;/h4,7-8,13,15,18H,1-3,5-6,9-12H2;2*1H/t15-;;/m0../s1. The van der Waals surface area contributed by atoms with E-state index in [4.69, 9.17) is 0 Å². The van der Waals surface area contributed by atoms with Gasteiger partial charge in [-0.15, -0.1) is 24.8 Å². The van der Waals surface area contributed by atoms with Gasteiger partial charge in [-0.05, 0) is 24.8 Å². The number of nitrogens with zero attached hydrogens (tertiary/aromatic N) is 2. The first-order valence-electron chi connectivity index (χ1n) is 7.91. The lowest BCUT2D eigenvalue weighted by Gasteiger charge is -2.41. The second-order valence-electron chi connectivity index (χ2n) is 6.01. The number of rotatable bonds is 3. The van der Waals surface area contributed by atoms with Crippen LogP contribution in [0.3, 0.4) is 0 Å². The predicted octanol–water partition coefficient (Wildman–Crippen LogP) is 3.59. The maximum absolute atomic E-state index is 14.2. The molecule has 126 valence electrons. The van der Waals surface area contributed by atoms with Gasteiger partial charge in [-0.3, -0.25) is 4.90 Å². The minimum Gasteiger partial charge on any atom is -0.314 e. The summed E-state index contributed by atoms with van der Waals surface area (Å²) < 4.78 is 14.2. The number of aromatic nitrogens is 1. The fourth-order valence-electron chi connectivity index (χ4n) is 3.78. The summed E-state index contributed by atoms with van der Waals surface area (Å²) in [6.07, 6.45) is 7.91. The maximum atomic E-state index is 14.2. The first-order chi connectivity index (χ1) is 9.86. The van der Waals surface area contributed by atoms with Crippen LogP contribution in [0.5, 0.6) is 0 Å². The molecule has 1 aromatic heterocycles. The van der Waals surface area contributed by atoms with Gasteiger partial charge >= 0.3 is 0 Å². The quantitative estimate of drug-likeness (QED) is 0.845. The zero-order valence-electron chi connectivity index (χ0n) is 12.8. The molecule has 2 aliphatic rings. The Morgan fingerprint density at radius 3 is 2.45 bits per heavy atom. The second-order valence-corrected chi connectivity index (χ2v) is 6.01. The predicted molar refractivity (Wildman–Crippen MR) is 92.4 cm³/mol. The molecule has 3 nitrogen and oxygen atoms in total. The summed E-state index contributed by atoms with van der Waals surface area (Å²) in [5.41, 5.74) is 0.807. The molecule has 3 rings (SSSR count). The first-order valence-corrected chi connectivity index (χ1v) is 7.91. The number of piperazine rings is 1. The van der Waals surface area contributed by atoms with Crippen molar-refractivity contribution in [1.29, 1.82) is 0 Å². The van der Waals surface area contributed by atoms with Gasteiger partial charge < -0.3 is 5.32 Å². The molecule has 0 aromatic carbocycles. The van der Waals surface area contributed by atoms with E-state index < -0.39 is 0 Å². The summed E-state index contributed by atoms with van der Waals surface area (Å²) in [4.78, 5) is 6.35. The summed E-state index contributed by atoms with van der Waals surface area (Å²) in [6.45, 7) is 4.03. The third-order valence-electron chi connectivity index (χ3n) is 4.75. The average molecular weight is 350 g/mol. The van der Waals surface area contributed by atoms with Crippen molar-refractivity contribution in [3.8, 4) is 0 Å². The third kappa shape index (κ3) is 4.54. The highest BCUT2D eigenvalue weighted by atomic mass is 35.5. The highest BCUT2D eigenvalue weighted by Crippen LogP contribution is 2.38. The van der Waals surface area contributed by atoms with Crippen molar-refractivity contribution in [2.24, 2.45) is 5.92 Å². The largest absolute Gasteiger partial charge is 0.314 e.